The number of fused-ring (bicyclic) bond motifs is 7. The molecule has 0 radical (unpaired) electrons. The van der Waals surface area contributed by atoms with E-state index in [0.717, 1.165) is 37.7 Å². The minimum Gasteiger partial charge on any atom is -0.481 e. The van der Waals surface area contributed by atoms with Gasteiger partial charge in [-0.15, -0.1) is 0 Å². The molecule has 0 aromatic carbocycles. The summed E-state index contributed by atoms with van der Waals surface area (Å²) < 4.78 is 23.7. The Balaban J connectivity index is 1.17. The van der Waals surface area contributed by atoms with Crippen LogP contribution in [0.15, 0.2) is 11.6 Å². The second-order valence-corrected chi connectivity index (χ2v) is 20.1. The number of carboxylic acid groups (broad SMARTS) is 2. The van der Waals surface area contributed by atoms with E-state index in [1.807, 2.05) is 13.0 Å². The van der Waals surface area contributed by atoms with Crippen molar-refractivity contribution in [1.29, 1.82) is 0 Å². The first-order valence-electron chi connectivity index (χ1n) is 20.2. The van der Waals surface area contributed by atoms with Crippen molar-refractivity contribution in [3.05, 3.63) is 11.6 Å². The monoisotopic (exact) mass is 778 g/mol. The summed E-state index contributed by atoms with van der Waals surface area (Å²) >= 11 is 0. The Labute approximate surface area is 322 Å². The summed E-state index contributed by atoms with van der Waals surface area (Å²) in [5.74, 6) is -2.50. The molecular weight excluding hydrogens is 716 g/mol. The molecule has 55 heavy (non-hydrogen) atoms. The van der Waals surface area contributed by atoms with E-state index < -0.39 is 89.6 Å². The SMILES string of the molecule is CC1(C)[C@@H](O[C@@H]2O[C@H](C(=O)O)[C@@H](O)[C@H](O)[C@H]2O[C@@H]2OC[C@H](O)[C@H](O)[C@H]2O)CC[C@]2(C)[C@H]3C(=O)C=C4[C@H]5C[C@@](C)(C(=O)O)CC[C@]5(C)CC[C@@]4(C)[C@]3(C)CC[C@@H]12. The van der Waals surface area contributed by atoms with Gasteiger partial charge in [0.1, 0.15) is 36.6 Å². The van der Waals surface area contributed by atoms with Gasteiger partial charge in [-0.1, -0.05) is 47.1 Å². The number of rotatable bonds is 6. The van der Waals surface area contributed by atoms with E-state index in [9.17, 15) is 50.1 Å². The normalized spacial score (nSPS) is 53.5. The number of aliphatic hydroxyl groups is 5. The van der Waals surface area contributed by atoms with Crippen LogP contribution in [0.5, 0.6) is 0 Å². The average molecular weight is 779 g/mol. The molecule has 4 saturated carbocycles. The molecule has 14 nitrogen and oxygen atoms in total. The minimum atomic E-state index is -1.92. The lowest BCUT2D eigenvalue weighted by Crippen LogP contribution is -2.68. The zero-order valence-corrected chi connectivity index (χ0v) is 33.1. The van der Waals surface area contributed by atoms with Gasteiger partial charge in [-0.2, -0.15) is 0 Å². The maximum Gasteiger partial charge on any atom is 0.335 e. The number of carboxylic acids is 2. The van der Waals surface area contributed by atoms with Crippen LogP contribution in [0.1, 0.15) is 106 Å². The minimum absolute atomic E-state index is 0.0107. The van der Waals surface area contributed by atoms with Crippen LogP contribution in [0.2, 0.25) is 0 Å². The smallest absolute Gasteiger partial charge is 0.335 e. The molecule has 7 N–H and O–H groups in total. The van der Waals surface area contributed by atoms with Crippen LogP contribution in [0, 0.1) is 50.2 Å². The molecule has 0 aromatic rings. The van der Waals surface area contributed by atoms with E-state index >= 15 is 0 Å². The molecule has 6 fully saturated rings. The number of aliphatic carboxylic acids is 2. The fraction of sp³-hybridized carbons (Fsp3) is 0.878. The quantitative estimate of drug-likeness (QED) is 0.193. The highest BCUT2D eigenvalue weighted by molar-refractivity contribution is 5.95. The number of hydrogen-bond acceptors (Lipinski definition) is 12. The molecule has 7 rings (SSSR count). The zero-order valence-electron chi connectivity index (χ0n) is 33.1. The molecule has 2 heterocycles. The third-order valence-corrected chi connectivity index (χ3v) is 16.9. The van der Waals surface area contributed by atoms with Gasteiger partial charge in [0.05, 0.1) is 18.1 Å². The summed E-state index contributed by atoms with van der Waals surface area (Å²) in [6.07, 6.45) is -7.13. The number of ether oxygens (including phenoxy) is 4. The van der Waals surface area contributed by atoms with Crippen LogP contribution in [-0.4, -0.2) is 121 Å². The lowest BCUT2D eigenvalue weighted by atomic mass is 9.33. The number of allylic oxidation sites excluding steroid dienone is 2. The lowest BCUT2D eigenvalue weighted by Gasteiger charge is -2.70. The van der Waals surface area contributed by atoms with Crippen LogP contribution in [0.3, 0.4) is 0 Å². The van der Waals surface area contributed by atoms with Crippen LogP contribution >= 0.6 is 0 Å². The van der Waals surface area contributed by atoms with Crippen molar-refractivity contribution in [3.8, 4) is 0 Å². The second-order valence-electron chi connectivity index (χ2n) is 20.1. The number of carbonyl (C=O) groups is 3. The average Bonchev–Trinajstić information content (AvgIpc) is 3.10. The van der Waals surface area contributed by atoms with Crippen molar-refractivity contribution in [2.75, 3.05) is 6.61 Å². The van der Waals surface area contributed by atoms with Gasteiger partial charge >= 0.3 is 11.9 Å². The van der Waals surface area contributed by atoms with Gasteiger partial charge in [-0.3, -0.25) is 9.59 Å². The summed E-state index contributed by atoms with van der Waals surface area (Å²) in [6.45, 7) is 14.7. The van der Waals surface area contributed by atoms with E-state index in [2.05, 4.69) is 41.5 Å². The maximum atomic E-state index is 14.8. The van der Waals surface area contributed by atoms with Gasteiger partial charge in [0, 0.05) is 5.92 Å². The van der Waals surface area contributed by atoms with Crippen molar-refractivity contribution in [2.24, 2.45) is 50.2 Å². The van der Waals surface area contributed by atoms with Gasteiger partial charge in [0.25, 0.3) is 0 Å². The molecule has 14 heteroatoms. The first-order chi connectivity index (χ1) is 25.4. The maximum absolute atomic E-state index is 14.8. The lowest BCUT2D eigenvalue weighted by molar-refractivity contribution is -0.365. The molecule has 0 bridgehead atoms. The van der Waals surface area contributed by atoms with Crippen molar-refractivity contribution in [1.82, 2.24) is 0 Å². The van der Waals surface area contributed by atoms with E-state index in [1.54, 1.807) is 0 Å². The second kappa shape index (κ2) is 13.5. The summed E-state index contributed by atoms with van der Waals surface area (Å²) in [5.41, 5.74) is -1.48. The molecule has 0 unspecified atom stereocenters. The molecule has 2 saturated heterocycles. The van der Waals surface area contributed by atoms with Crippen LogP contribution in [0.25, 0.3) is 0 Å². The van der Waals surface area contributed by atoms with Crippen LogP contribution in [0.4, 0.5) is 0 Å². The Hall–Kier alpha value is -2.01. The molecule has 5 aliphatic carbocycles. The van der Waals surface area contributed by atoms with Gasteiger partial charge in [-0.25, -0.2) is 4.79 Å². The predicted octanol–water partition coefficient (Wildman–Crippen LogP) is 2.79. The Morgan fingerprint density at radius 2 is 1.45 bits per heavy atom. The molecule has 18 atom stereocenters. The molecule has 2 aliphatic heterocycles. The zero-order chi connectivity index (χ0) is 40.4. The number of aliphatic hydroxyl groups excluding tert-OH is 5. The standard InChI is InChI=1S/C41H62O14/c1-36(2)23-8-11-41(7)31(21(42)16-19-20-17-38(4,35(50)51)13-12-37(20,3)14-15-40(19,41)6)39(23,5)10-9-24(36)53-34-30(27(46)26(45)29(54-34)32(48)49)55-33-28(47)25(44)22(43)18-52-33/h16,20,22-31,33-34,43-47H,8-15,17-18H2,1-7H3,(H,48,49)(H,50,51)/t20-,22+,23+,24+,25+,26+,27+,28-,29+,30-,31-,33+,34-,37-,38+,39+,40-,41-/m1/s1. The van der Waals surface area contributed by atoms with Crippen LogP contribution < -0.4 is 0 Å². The van der Waals surface area contributed by atoms with Gasteiger partial charge in [0.15, 0.2) is 24.5 Å². The Morgan fingerprint density at radius 3 is 2.11 bits per heavy atom. The summed E-state index contributed by atoms with van der Waals surface area (Å²) in [7, 11) is 0. The summed E-state index contributed by atoms with van der Waals surface area (Å²) in [4.78, 5) is 39.4. The molecule has 0 amide bonds. The van der Waals surface area contributed by atoms with Gasteiger partial charge < -0.3 is 54.7 Å². The first-order valence-corrected chi connectivity index (χ1v) is 20.2. The highest BCUT2D eigenvalue weighted by atomic mass is 16.8. The number of carbonyl (C=O) groups excluding carboxylic acids is 1. The van der Waals surface area contributed by atoms with Crippen molar-refractivity contribution in [2.45, 2.75) is 168 Å². The van der Waals surface area contributed by atoms with Crippen molar-refractivity contribution in [3.63, 3.8) is 0 Å². The number of hydrogen-bond donors (Lipinski definition) is 7. The highest BCUT2D eigenvalue weighted by Crippen LogP contribution is 2.75. The third-order valence-electron chi connectivity index (χ3n) is 16.9. The largest absolute Gasteiger partial charge is 0.481 e. The fourth-order valence-corrected chi connectivity index (χ4v) is 13.1. The van der Waals surface area contributed by atoms with Crippen molar-refractivity contribution < 1.29 is 69.1 Å². The number of ketones is 1. The van der Waals surface area contributed by atoms with E-state index in [0.29, 0.717) is 25.7 Å². The van der Waals surface area contributed by atoms with Gasteiger partial charge in [0.2, 0.25) is 0 Å². The Kier molecular flexibility index (Phi) is 10.1. The summed E-state index contributed by atoms with van der Waals surface area (Å²) in [5, 5.41) is 72.8. The predicted molar refractivity (Wildman–Crippen MR) is 193 cm³/mol. The Morgan fingerprint density at radius 1 is 0.782 bits per heavy atom. The topological polar surface area (TPSA) is 230 Å². The third kappa shape index (κ3) is 6.01. The van der Waals surface area contributed by atoms with E-state index in [4.69, 9.17) is 18.9 Å². The molecule has 0 aromatic heterocycles. The van der Waals surface area contributed by atoms with E-state index in [-0.39, 0.29) is 46.4 Å². The molecular formula is C41H62O14. The summed E-state index contributed by atoms with van der Waals surface area (Å²) in [6, 6.07) is 0. The molecule has 7 aliphatic rings. The van der Waals surface area contributed by atoms with E-state index in [1.165, 1.54) is 0 Å². The van der Waals surface area contributed by atoms with Crippen molar-refractivity contribution >= 4 is 17.7 Å². The van der Waals surface area contributed by atoms with Gasteiger partial charge in [-0.05, 0) is 110 Å². The Bertz CT molecular complexity index is 1600. The fourth-order valence-electron chi connectivity index (χ4n) is 13.1. The first kappa shape index (κ1) is 41.2. The molecule has 310 valence electrons. The van der Waals surface area contributed by atoms with Crippen LogP contribution in [-0.2, 0) is 33.3 Å². The highest BCUT2D eigenvalue weighted by Gasteiger charge is 2.71. The molecule has 0 spiro atoms.